The summed E-state index contributed by atoms with van der Waals surface area (Å²) in [6.45, 7) is 5.03. The maximum absolute atomic E-state index is 12.5. The molecule has 8 heteroatoms. The van der Waals surface area contributed by atoms with Gasteiger partial charge in [0.2, 0.25) is 5.91 Å². The van der Waals surface area contributed by atoms with Crippen molar-refractivity contribution in [1.29, 1.82) is 0 Å². The third kappa shape index (κ3) is 6.03. The second kappa shape index (κ2) is 10.5. The van der Waals surface area contributed by atoms with Crippen LogP contribution < -0.4 is 10.1 Å². The Balaban J connectivity index is 1.58. The minimum Gasteiger partial charge on any atom is -0.494 e. The van der Waals surface area contributed by atoms with E-state index in [1.54, 1.807) is 0 Å². The smallest absolute Gasteiger partial charge is 0.222 e. The zero-order chi connectivity index (χ0) is 21.5. The van der Waals surface area contributed by atoms with Gasteiger partial charge in [-0.15, -0.1) is 0 Å². The number of halogens is 1. The number of H-pyrrole nitrogens is 1. The van der Waals surface area contributed by atoms with Crippen molar-refractivity contribution in [2.45, 2.75) is 39.3 Å². The van der Waals surface area contributed by atoms with E-state index in [2.05, 4.69) is 43.6 Å². The number of hydrogen-bond donors (Lipinski definition) is 2. The van der Waals surface area contributed by atoms with Crippen LogP contribution in [-0.4, -0.2) is 33.3 Å². The zero-order valence-corrected chi connectivity index (χ0v) is 19.4. The van der Waals surface area contributed by atoms with Gasteiger partial charge in [0.15, 0.2) is 10.6 Å². The number of aromatic amines is 1. The fourth-order valence-electron chi connectivity index (χ4n) is 3.20. The molecular formula is C22H25BrN4O2S. The average Bonchev–Trinajstić information content (AvgIpc) is 3.09. The highest BCUT2D eigenvalue weighted by atomic mass is 79.9. The van der Waals surface area contributed by atoms with Crippen molar-refractivity contribution in [3.63, 3.8) is 0 Å². The third-order valence-corrected chi connectivity index (χ3v) is 5.45. The molecule has 0 aliphatic rings. The normalized spacial score (nSPS) is 11.8. The molecule has 0 bridgehead atoms. The van der Waals surface area contributed by atoms with Crippen LogP contribution in [0.4, 0.5) is 0 Å². The van der Waals surface area contributed by atoms with Crippen LogP contribution in [0.3, 0.4) is 0 Å². The molecule has 1 aromatic heterocycles. The summed E-state index contributed by atoms with van der Waals surface area (Å²) in [6.07, 6.45) is 1.10. The number of carbonyl (C=O) groups is 1. The second-order valence-electron chi connectivity index (χ2n) is 7.01. The molecule has 1 amide bonds. The molecule has 0 saturated heterocycles. The van der Waals surface area contributed by atoms with Crippen LogP contribution in [0.2, 0.25) is 0 Å². The monoisotopic (exact) mass is 488 g/mol. The summed E-state index contributed by atoms with van der Waals surface area (Å²) in [5, 5.41) is 10.2. The molecular weight excluding hydrogens is 464 g/mol. The second-order valence-corrected chi connectivity index (χ2v) is 8.31. The van der Waals surface area contributed by atoms with E-state index in [-0.39, 0.29) is 11.9 Å². The van der Waals surface area contributed by atoms with Gasteiger partial charge in [-0.05, 0) is 74.4 Å². The van der Waals surface area contributed by atoms with E-state index in [9.17, 15) is 4.79 Å². The molecule has 1 atom stereocenters. The summed E-state index contributed by atoms with van der Waals surface area (Å²) in [6, 6.07) is 15.8. The molecule has 158 valence electrons. The van der Waals surface area contributed by atoms with Crippen molar-refractivity contribution in [1.82, 2.24) is 20.1 Å². The van der Waals surface area contributed by atoms with Crippen LogP contribution in [0.15, 0.2) is 53.0 Å². The van der Waals surface area contributed by atoms with Gasteiger partial charge in [-0.1, -0.05) is 28.1 Å². The lowest BCUT2D eigenvalue weighted by molar-refractivity contribution is -0.121. The van der Waals surface area contributed by atoms with Crippen LogP contribution in [0, 0.1) is 4.77 Å². The van der Waals surface area contributed by atoms with E-state index in [0.29, 0.717) is 30.2 Å². The van der Waals surface area contributed by atoms with E-state index in [1.807, 2.05) is 54.8 Å². The molecule has 0 aliphatic heterocycles. The highest BCUT2D eigenvalue weighted by molar-refractivity contribution is 9.10. The van der Waals surface area contributed by atoms with Gasteiger partial charge in [0.1, 0.15) is 5.75 Å². The largest absolute Gasteiger partial charge is 0.494 e. The molecule has 3 rings (SSSR count). The van der Waals surface area contributed by atoms with E-state index in [1.165, 1.54) is 5.56 Å². The van der Waals surface area contributed by atoms with Gasteiger partial charge in [-0.25, -0.2) is 0 Å². The molecule has 6 nitrogen and oxygen atoms in total. The highest BCUT2D eigenvalue weighted by Crippen LogP contribution is 2.21. The van der Waals surface area contributed by atoms with Gasteiger partial charge in [0, 0.05) is 29.0 Å². The highest BCUT2D eigenvalue weighted by Gasteiger charge is 2.13. The molecule has 0 saturated carbocycles. The molecule has 1 unspecified atom stereocenters. The summed E-state index contributed by atoms with van der Waals surface area (Å²) in [4.78, 5) is 12.5. The fraction of sp³-hybridized carbons (Fsp3) is 0.318. The summed E-state index contributed by atoms with van der Waals surface area (Å²) in [5.41, 5.74) is 2.09. The van der Waals surface area contributed by atoms with Crippen LogP contribution in [0.5, 0.6) is 5.75 Å². The summed E-state index contributed by atoms with van der Waals surface area (Å²) < 4.78 is 8.88. The Hall–Kier alpha value is -2.45. The Morgan fingerprint density at radius 2 is 1.93 bits per heavy atom. The van der Waals surface area contributed by atoms with Gasteiger partial charge in [-0.2, -0.15) is 5.10 Å². The Bertz CT molecular complexity index is 1030. The Morgan fingerprint density at radius 3 is 2.60 bits per heavy atom. The van der Waals surface area contributed by atoms with Gasteiger partial charge < -0.3 is 10.1 Å². The lowest BCUT2D eigenvalue weighted by Crippen LogP contribution is -2.34. The van der Waals surface area contributed by atoms with E-state index < -0.39 is 0 Å². The number of rotatable bonds is 9. The minimum absolute atomic E-state index is 0.0136. The molecule has 0 radical (unpaired) electrons. The summed E-state index contributed by atoms with van der Waals surface area (Å²) in [7, 11) is 0. The maximum atomic E-state index is 12.5. The van der Waals surface area contributed by atoms with Gasteiger partial charge in [0.05, 0.1) is 6.61 Å². The molecule has 2 N–H and O–H groups in total. The Kier molecular flexibility index (Phi) is 7.81. The Labute approximate surface area is 189 Å². The van der Waals surface area contributed by atoms with E-state index >= 15 is 0 Å². The number of carbonyl (C=O) groups excluding carboxylic acids is 1. The van der Waals surface area contributed by atoms with Crippen LogP contribution in [0.25, 0.3) is 11.4 Å². The van der Waals surface area contributed by atoms with Crippen molar-refractivity contribution in [3.05, 3.63) is 63.3 Å². The first kappa shape index (κ1) is 22.2. The summed E-state index contributed by atoms with van der Waals surface area (Å²) >= 11 is 8.80. The fourth-order valence-corrected chi connectivity index (χ4v) is 3.69. The molecule has 0 fully saturated rings. The SMILES string of the molecule is CCOc1ccc(-c2n[nH]c(=S)n2CCC(=O)NC(C)Cc2ccc(Br)cc2)cc1. The van der Waals surface area contributed by atoms with Crippen molar-refractivity contribution < 1.29 is 9.53 Å². The van der Waals surface area contributed by atoms with Gasteiger partial charge >= 0.3 is 0 Å². The van der Waals surface area contributed by atoms with Crippen molar-refractivity contribution >= 4 is 34.1 Å². The zero-order valence-electron chi connectivity index (χ0n) is 17.0. The quantitative estimate of drug-likeness (QED) is 0.419. The molecule has 0 spiro atoms. The first-order valence-electron chi connectivity index (χ1n) is 9.88. The molecule has 3 aromatic rings. The van der Waals surface area contributed by atoms with E-state index in [0.717, 1.165) is 22.2 Å². The first-order chi connectivity index (χ1) is 14.5. The maximum Gasteiger partial charge on any atom is 0.222 e. The molecule has 30 heavy (non-hydrogen) atoms. The molecule has 1 heterocycles. The molecule has 2 aromatic carbocycles. The van der Waals surface area contributed by atoms with Crippen LogP contribution >= 0.6 is 28.1 Å². The van der Waals surface area contributed by atoms with Crippen molar-refractivity contribution in [3.8, 4) is 17.1 Å². The standard InChI is InChI=1S/C22H25BrN4O2S/c1-3-29-19-10-6-17(7-11-19)21-25-26-22(30)27(21)13-12-20(28)24-15(2)14-16-4-8-18(23)9-5-16/h4-11,15H,3,12-14H2,1-2H3,(H,24,28)(H,26,30). The van der Waals surface area contributed by atoms with Crippen molar-refractivity contribution in [2.75, 3.05) is 6.61 Å². The van der Waals surface area contributed by atoms with E-state index in [4.69, 9.17) is 17.0 Å². The lowest BCUT2D eigenvalue weighted by atomic mass is 10.1. The number of nitrogens with one attached hydrogen (secondary N) is 2. The first-order valence-corrected chi connectivity index (χ1v) is 11.1. The Morgan fingerprint density at radius 1 is 1.23 bits per heavy atom. The van der Waals surface area contributed by atoms with Crippen LogP contribution in [0.1, 0.15) is 25.8 Å². The number of hydrogen-bond acceptors (Lipinski definition) is 4. The van der Waals surface area contributed by atoms with Gasteiger partial charge in [-0.3, -0.25) is 14.5 Å². The van der Waals surface area contributed by atoms with Gasteiger partial charge in [0.25, 0.3) is 0 Å². The topological polar surface area (TPSA) is 71.9 Å². The third-order valence-electron chi connectivity index (χ3n) is 4.61. The predicted octanol–water partition coefficient (Wildman–Crippen LogP) is 4.91. The number of aromatic nitrogens is 3. The average molecular weight is 489 g/mol. The molecule has 0 aliphatic carbocycles. The minimum atomic E-state index is -0.0136. The van der Waals surface area contributed by atoms with Crippen molar-refractivity contribution in [2.24, 2.45) is 0 Å². The number of benzene rings is 2. The number of ether oxygens (including phenoxy) is 1. The predicted molar refractivity (Wildman–Crippen MR) is 124 cm³/mol. The number of nitrogens with zero attached hydrogens (tertiary/aromatic N) is 2. The van der Waals surface area contributed by atoms with Crippen LogP contribution in [-0.2, 0) is 17.8 Å². The number of amides is 1. The lowest BCUT2D eigenvalue weighted by Gasteiger charge is -2.14. The summed E-state index contributed by atoms with van der Waals surface area (Å²) in [5.74, 6) is 1.50.